The second-order valence-corrected chi connectivity index (χ2v) is 6.23. The summed E-state index contributed by atoms with van der Waals surface area (Å²) in [6.45, 7) is 2.29. The fourth-order valence-electron chi connectivity index (χ4n) is 2.46. The lowest BCUT2D eigenvalue weighted by Crippen LogP contribution is -2.33. The van der Waals surface area contributed by atoms with Crippen LogP contribution in [0, 0.1) is 0 Å². The topological polar surface area (TPSA) is 63.9 Å². The van der Waals surface area contributed by atoms with Crippen LogP contribution >= 0.6 is 11.6 Å². The summed E-state index contributed by atoms with van der Waals surface area (Å²) in [5.74, 6) is 0.380. The number of tetrazole rings is 1. The second-order valence-electron chi connectivity index (χ2n) is 5.80. The molecule has 7 heteroatoms. The van der Waals surface area contributed by atoms with Gasteiger partial charge in [-0.2, -0.15) is 4.80 Å². The first-order valence-electron chi connectivity index (χ1n) is 7.89. The number of nitrogens with zero attached hydrogens (tertiary/aromatic N) is 5. The van der Waals surface area contributed by atoms with Gasteiger partial charge in [-0.3, -0.25) is 4.79 Å². The van der Waals surface area contributed by atoms with Crippen LogP contribution in [0.3, 0.4) is 0 Å². The van der Waals surface area contributed by atoms with Gasteiger partial charge in [0.1, 0.15) is 6.04 Å². The molecule has 3 rings (SSSR count). The number of aromatic nitrogens is 4. The monoisotopic (exact) mass is 355 g/mol. The summed E-state index contributed by atoms with van der Waals surface area (Å²) in [6, 6.07) is 16.5. The van der Waals surface area contributed by atoms with Crippen LogP contribution in [-0.2, 0) is 11.3 Å². The largest absolute Gasteiger partial charge is 0.340 e. The summed E-state index contributed by atoms with van der Waals surface area (Å²) in [5, 5.41) is 13.0. The third kappa shape index (κ3) is 4.03. The number of hydrogen-bond acceptors (Lipinski definition) is 4. The molecule has 0 aliphatic carbocycles. The summed E-state index contributed by atoms with van der Waals surface area (Å²) in [7, 11) is 1.77. The molecule has 0 bridgehead atoms. The zero-order valence-corrected chi connectivity index (χ0v) is 14.8. The van der Waals surface area contributed by atoms with Gasteiger partial charge in [-0.05, 0) is 42.0 Å². The lowest BCUT2D eigenvalue weighted by molar-refractivity contribution is -0.134. The first-order chi connectivity index (χ1) is 12.0. The maximum Gasteiger partial charge on any atom is 0.249 e. The Hall–Kier alpha value is -2.73. The third-order valence-electron chi connectivity index (χ3n) is 3.87. The van der Waals surface area contributed by atoms with Crippen molar-refractivity contribution >= 4 is 17.5 Å². The molecule has 0 radical (unpaired) electrons. The van der Waals surface area contributed by atoms with Crippen molar-refractivity contribution in [2.75, 3.05) is 7.05 Å². The molecule has 0 spiro atoms. The van der Waals surface area contributed by atoms with Gasteiger partial charge in [0, 0.05) is 24.2 Å². The third-order valence-corrected chi connectivity index (χ3v) is 4.13. The van der Waals surface area contributed by atoms with Crippen molar-refractivity contribution in [3.05, 3.63) is 65.2 Å². The highest BCUT2D eigenvalue weighted by molar-refractivity contribution is 6.30. The molecule has 1 aromatic heterocycles. The molecule has 6 nitrogen and oxygen atoms in total. The average molecular weight is 356 g/mol. The van der Waals surface area contributed by atoms with Crippen LogP contribution in [0.2, 0.25) is 5.02 Å². The smallest absolute Gasteiger partial charge is 0.249 e. The molecule has 0 saturated carbocycles. The SMILES string of the molecule is CC(C(=O)N(C)Cc1ccccc1)n1nnc(-c2ccc(Cl)cc2)n1. The summed E-state index contributed by atoms with van der Waals surface area (Å²) < 4.78 is 0. The van der Waals surface area contributed by atoms with Crippen LogP contribution in [0.25, 0.3) is 11.4 Å². The number of halogens is 1. The van der Waals surface area contributed by atoms with Gasteiger partial charge in [0.25, 0.3) is 0 Å². The van der Waals surface area contributed by atoms with E-state index in [0.717, 1.165) is 11.1 Å². The maximum absolute atomic E-state index is 12.6. The van der Waals surface area contributed by atoms with E-state index in [4.69, 9.17) is 11.6 Å². The number of hydrogen-bond donors (Lipinski definition) is 0. The van der Waals surface area contributed by atoms with E-state index in [-0.39, 0.29) is 5.91 Å². The minimum Gasteiger partial charge on any atom is -0.340 e. The van der Waals surface area contributed by atoms with Gasteiger partial charge in [-0.1, -0.05) is 41.9 Å². The molecule has 128 valence electrons. The molecule has 0 saturated heterocycles. The molecular weight excluding hydrogens is 338 g/mol. The van der Waals surface area contributed by atoms with Crippen molar-refractivity contribution in [1.82, 2.24) is 25.1 Å². The Balaban J connectivity index is 1.71. The Morgan fingerprint density at radius 2 is 1.84 bits per heavy atom. The molecular formula is C18H18ClN5O. The highest BCUT2D eigenvalue weighted by Gasteiger charge is 2.22. The van der Waals surface area contributed by atoms with E-state index in [0.29, 0.717) is 17.4 Å². The minimum absolute atomic E-state index is 0.0797. The number of rotatable bonds is 5. The van der Waals surface area contributed by atoms with Crippen molar-refractivity contribution < 1.29 is 4.79 Å². The van der Waals surface area contributed by atoms with Gasteiger partial charge in [0.15, 0.2) is 0 Å². The molecule has 1 atom stereocenters. The fourth-order valence-corrected chi connectivity index (χ4v) is 2.58. The molecule has 0 aliphatic rings. The normalized spacial score (nSPS) is 12.0. The van der Waals surface area contributed by atoms with Crippen LogP contribution in [0.1, 0.15) is 18.5 Å². The van der Waals surface area contributed by atoms with E-state index < -0.39 is 6.04 Å². The predicted octanol–water partition coefficient (Wildman–Crippen LogP) is 3.21. The summed E-state index contributed by atoms with van der Waals surface area (Å²) >= 11 is 5.89. The minimum atomic E-state index is -0.540. The Labute approximate surface area is 151 Å². The van der Waals surface area contributed by atoms with Crippen molar-refractivity contribution in [3.63, 3.8) is 0 Å². The van der Waals surface area contributed by atoms with Gasteiger partial charge < -0.3 is 4.90 Å². The Morgan fingerprint density at radius 1 is 1.16 bits per heavy atom. The van der Waals surface area contributed by atoms with E-state index >= 15 is 0 Å². The van der Waals surface area contributed by atoms with Crippen LogP contribution in [0.15, 0.2) is 54.6 Å². The van der Waals surface area contributed by atoms with E-state index in [1.54, 1.807) is 31.0 Å². The highest BCUT2D eigenvalue weighted by Crippen LogP contribution is 2.18. The number of benzene rings is 2. The summed E-state index contributed by atoms with van der Waals surface area (Å²) in [6.07, 6.45) is 0. The molecule has 0 N–H and O–H groups in total. The molecule has 1 amide bonds. The molecule has 25 heavy (non-hydrogen) atoms. The van der Waals surface area contributed by atoms with Gasteiger partial charge in [-0.15, -0.1) is 10.2 Å². The number of likely N-dealkylation sites (N-methyl/N-ethyl adjacent to an activating group) is 1. The van der Waals surface area contributed by atoms with E-state index in [1.807, 2.05) is 42.5 Å². The van der Waals surface area contributed by atoms with E-state index in [2.05, 4.69) is 15.4 Å². The molecule has 2 aromatic carbocycles. The van der Waals surface area contributed by atoms with E-state index in [9.17, 15) is 4.79 Å². The molecule has 1 unspecified atom stereocenters. The average Bonchev–Trinajstić information content (AvgIpc) is 3.12. The van der Waals surface area contributed by atoms with Crippen molar-refractivity contribution in [2.24, 2.45) is 0 Å². The zero-order chi connectivity index (χ0) is 17.8. The first-order valence-corrected chi connectivity index (χ1v) is 8.27. The maximum atomic E-state index is 12.6. The lowest BCUT2D eigenvalue weighted by Gasteiger charge is -2.20. The first kappa shape index (κ1) is 17.1. The Bertz CT molecular complexity index is 847. The predicted molar refractivity (Wildman–Crippen MR) is 95.9 cm³/mol. The fraction of sp³-hybridized carbons (Fsp3) is 0.222. The lowest BCUT2D eigenvalue weighted by atomic mass is 10.2. The van der Waals surface area contributed by atoms with Crippen LogP contribution in [-0.4, -0.2) is 38.1 Å². The zero-order valence-electron chi connectivity index (χ0n) is 14.0. The molecule has 3 aromatic rings. The van der Waals surface area contributed by atoms with Crippen molar-refractivity contribution in [2.45, 2.75) is 19.5 Å². The number of amides is 1. The summed E-state index contributed by atoms with van der Waals surface area (Å²) in [4.78, 5) is 15.6. The Morgan fingerprint density at radius 3 is 2.52 bits per heavy atom. The number of carbonyl (C=O) groups excluding carboxylic acids is 1. The van der Waals surface area contributed by atoms with Gasteiger partial charge in [-0.25, -0.2) is 0 Å². The quantitative estimate of drug-likeness (QED) is 0.705. The highest BCUT2D eigenvalue weighted by atomic mass is 35.5. The second kappa shape index (κ2) is 7.44. The van der Waals surface area contributed by atoms with Crippen molar-refractivity contribution in [1.29, 1.82) is 0 Å². The van der Waals surface area contributed by atoms with Crippen LogP contribution < -0.4 is 0 Å². The van der Waals surface area contributed by atoms with Crippen molar-refractivity contribution in [3.8, 4) is 11.4 Å². The molecule has 1 heterocycles. The van der Waals surface area contributed by atoms with Gasteiger partial charge in [0.05, 0.1) is 0 Å². The van der Waals surface area contributed by atoms with Gasteiger partial charge in [0.2, 0.25) is 11.7 Å². The van der Waals surface area contributed by atoms with Crippen LogP contribution in [0.5, 0.6) is 0 Å². The van der Waals surface area contributed by atoms with E-state index in [1.165, 1.54) is 4.80 Å². The van der Waals surface area contributed by atoms with Gasteiger partial charge >= 0.3 is 0 Å². The molecule has 0 aliphatic heterocycles. The molecule has 0 fully saturated rings. The standard InChI is InChI=1S/C18H18ClN5O/c1-13(18(25)23(2)12-14-6-4-3-5-7-14)24-21-17(20-22-24)15-8-10-16(19)11-9-15/h3-11,13H,12H2,1-2H3. The summed E-state index contributed by atoms with van der Waals surface area (Å²) in [5.41, 5.74) is 1.87. The Kier molecular flexibility index (Phi) is 5.09. The van der Waals surface area contributed by atoms with Crippen LogP contribution in [0.4, 0.5) is 0 Å². The number of carbonyl (C=O) groups is 1.